The van der Waals surface area contributed by atoms with Crippen LogP contribution in [0.25, 0.3) is 0 Å². The fourth-order valence-corrected chi connectivity index (χ4v) is 5.05. The predicted molar refractivity (Wildman–Crippen MR) is 143 cm³/mol. The minimum absolute atomic E-state index is 0.0297. The molecule has 0 radical (unpaired) electrons. The van der Waals surface area contributed by atoms with Crippen molar-refractivity contribution in [2.24, 2.45) is 4.99 Å². The molecule has 0 N–H and O–H groups in total. The Morgan fingerprint density at radius 1 is 0.946 bits per heavy atom. The highest BCUT2D eigenvalue weighted by atomic mass is 35.5. The molecule has 3 aromatic carbocycles. The van der Waals surface area contributed by atoms with Gasteiger partial charge in [0.1, 0.15) is 11.5 Å². The number of ether oxygens (including phenoxy) is 1. The van der Waals surface area contributed by atoms with Gasteiger partial charge >= 0.3 is 5.97 Å². The third kappa shape index (κ3) is 6.95. The lowest BCUT2D eigenvalue weighted by Gasteiger charge is -2.21. The minimum Gasteiger partial charge on any atom is -0.462 e. The summed E-state index contributed by atoms with van der Waals surface area (Å²) >= 11 is 5.96. The van der Waals surface area contributed by atoms with Crippen LogP contribution in [-0.4, -0.2) is 31.5 Å². The molecule has 0 saturated carbocycles. The molecule has 0 fully saturated rings. The van der Waals surface area contributed by atoms with E-state index >= 15 is 0 Å². The monoisotopic (exact) mass is 536 g/mol. The molecule has 37 heavy (non-hydrogen) atoms. The number of hydrogen-bond acceptors (Lipinski definition) is 6. The quantitative estimate of drug-likeness (QED) is 0.176. The first-order valence-corrected chi connectivity index (χ1v) is 13.4. The number of rotatable bonds is 10. The molecule has 0 amide bonds. The van der Waals surface area contributed by atoms with Crippen LogP contribution in [-0.2, 0) is 27.8 Å². The number of aliphatic imine (C=N–C) groups is 1. The van der Waals surface area contributed by atoms with E-state index in [2.05, 4.69) is 4.99 Å². The highest BCUT2D eigenvalue weighted by Gasteiger charge is 2.26. The van der Waals surface area contributed by atoms with Crippen molar-refractivity contribution in [3.63, 3.8) is 0 Å². The molecule has 0 spiro atoms. The summed E-state index contributed by atoms with van der Waals surface area (Å²) < 4.78 is 39.1. The van der Waals surface area contributed by atoms with Crippen molar-refractivity contribution in [2.75, 3.05) is 6.61 Å². The van der Waals surface area contributed by atoms with Crippen LogP contribution in [0.5, 0.6) is 0 Å². The zero-order valence-corrected chi connectivity index (χ0v) is 21.7. The predicted octanol–water partition coefficient (Wildman–Crippen LogP) is 6.25. The molecule has 9 heteroatoms. The Morgan fingerprint density at radius 3 is 2.32 bits per heavy atom. The maximum Gasteiger partial charge on any atom is 0.338 e. The summed E-state index contributed by atoms with van der Waals surface area (Å²) in [6.07, 6.45) is 1.54. The highest BCUT2D eigenvalue weighted by Crippen LogP contribution is 2.23. The summed E-state index contributed by atoms with van der Waals surface area (Å²) in [4.78, 5) is 16.3. The van der Waals surface area contributed by atoms with Gasteiger partial charge < -0.3 is 9.15 Å². The summed E-state index contributed by atoms with van der Waals surface area (Å²) in [5.41, 5.74) is 1.92. The third-order valence-electron chi connectivity index (χ3n) is 5.39. The molecule has 190 valence electrons. The van der Waals surface area contributed by atoms with Gasteiger partial charge in [-0.2, -0.15) is 4.31 Å². The third-order valence-corrected chi connectivity index (χ3v) is 7.44. The molecule has 0 aliphatic carbocycles. The van der Waals surface area contributed by atoms with E-state index < -0.39 is 10.0 Å². The van der Waals surface area contributed by atoms with E-state index in [-0.39, 0.29) is 24.0 Å². The first kappa shape index (κ1) is 26.3. The fourth-order valence-electron chi connectivity index (χ4n) is 3.53. The molecule has 4 aromatic rings. The molecule has 0 unspecified atom stereocenters. The summed E-state index contributed by atoms with van der Waals surface area (Å²) in [5.74, 6) is 0.544. The topological polar surface area (TPSA) is 89.2 Å². The van der Waals surface area contributed by atoms with Gasteiger partial charge in [0.15, 0.2) is 0 Å². The van der Waals surface area contributed by atoms with Crippen molar-refractivity contribution < 1.29 is 22.4 Å². The zero-order chi connectivity index (χ0) is 26.3. The molecule has 0 aliphatic heterocycles. The van der Waals surface area contributed by atoms with Crippen LogP contribution in [0, 0.1) is 0 Å². The molecule has 4 rings (SSSR count). The zero-order valence-electron chi connectivity index (χ0n) is 20.1. The second-order valence-electron chi connectivity index (χ2n) is 8.04. The number of sulfonamides is 1. The van der Waals surface area contributed by atoms with Crippen molar-refractivity contribution in [1.82, 2.24) is 4.31 Å². The average molecular weight is 537 g/mol. The molecular weight excluding hydrogens is 512 g/mol. The van der Waals surface area contributed by atoms with Crippen LogP contribution in [0.4, 0.5) is 5.69 Å². The number of esters is 1. The molecule has 1 heterocycles. The average Bonchev–Trinajstić information content (AvgIpc) is 3.36. The van der Waals surface area contributed by atoms with Crippen LogP contribution >= 0.6 is 11.6 Å². The largest absolute Gasteiger partial charge is 0.462 e. The maximum absolute atomic E-state index is 13.5. The molecule has 0 atom stereocenters. The van der Waals surface area contributed by atoms with Crippen molar-refractivity contribution in [2.45, 2.75) is 24.9 Å². The van der Waals surface area contributed by atoms with E-state index in [0.29, 0.717) is 34.4 Å². The normalized spacial score (nSPS) is 11.8. The molecule has 0 saturated heterocycles. The second kappa shape index (κ2) is 12.0. The van der Waals surface area contributed by atoms with Crippen molar-refractivity contribution >= 4 is 39.5 Å². The van der Waals surface area contributed by atoms with E-state index in [4.69, 9.17) is 20.8 Å². The number of carbonyl (C=O) groups excluding carboxylic acids is 1. The molecule has 7 nitrogen and oxygen atoms in total. The number of hydrogen-bond donors (Lipinski definition) is 0. The van der Waals surface area contributed by atoms with Crippen LogP contribution in [0.1, 0.15) is 34.4 Å². The van der Waals surface area contributed by atoms with E-state index in [9.17, 15) is 13.2 Å². The minimum atomic E-state index is -3.83. The van der Waals surface area contributed by atoms with Crippen molar-refractivity contribution in [1.29, 1.82) is 0 Å². The Bertz CT molecular complexity index is 1470. The molecule has 0 bridgehead atoms. The summed E-state index contributed by atoms with van der Waals surface area (Å²) in [5, 5.41) is 0.457. The first-order valence-electron chi connectivity index (χ1n) is 11.5. The number of carbonyl (C=O) groups is 1. The lowest BCUT2D eigenvalue weighted by atomic mass is 10.2. The van der Waals surface area contributed by atoms with Crippen LogP contribution in [0.15, 0.2) is 105 Å². The van der Waals surface area contributed by atoms with E-state index in [1.54, 1.807) is 55.5 Å². The van der Waals surface area contributed by atoms with Gasteiger partial charge in [-0.05, 0) is 73.2 Å². The van der Waals surface area contributed by atoms with Gasteiger partial charge in [-0.25, -0.2) is 13.2 Å². The van der Waals surface area contributed by atoms with E-state index in [1.165, 1.54) is 22.7 Å². The molecule has 1 aromatic heterocycles. The van der Waals surface area contributed by atoms with Crippen molar-refractivity contribution in [3.8, 4) is 0 Å². The number of benzene rings is 3. The van der Waals surface area contributed by atoms with Gasteiger partial charge in [0, 0.05) is 11.6 Å². The fraction of sp³-hybridized carbons (Fsp3) is 0.143. The van der Waals surface area contributed by atoms with E-state index in [1.807, 2.05) is 30.3 Å². The van der Waals surface area contributed by atoms with Gasteiger partial charge in [0.2, 0.25) is 10.0 Å². The summed E-state index contributed by atoms with van der Waals surface area (Å²) in [6, 6.07) is 25.6. The Labute approximate surface area is 221 Å². The standard InChI is InChI=1S/C28H25ClN2O5S/c1-2-35-28(32)22-8-12-24(13-9-22)30-18-25-14-15-26(36-25)20-31(19-21-6-4-3-5-7-21)37(33,34)27-16-10-23(29)11-17-27/h3-18H,2,19-20H2,1H3. The van der Waals surface area contributed by atoms with Crippen LogP contribution in [0.2, 0.25) is 5.02 Å². The Balaban J connectivity index is 1.52. The Morgan fingerprint density at radius 2 is 1.65 bits per heavy atom. The smallest absolute Gasteiger partial charge is 0.338 e. The maximum atomic E-state index is 13.5. The Hall–Kier alpha value is -3.72. The first-order chi connectivity index (χ1) is 17.8. The van der Waals surface area contributed by atoms with Gasteiger partial charge in [-0.15, -0.1) is 0 Å². The van der Waals surface area contributed by atoms with Gasteiger partial charge in [-0.1, -0.05) is 41.9 Å². The second-order valence-corrected chi connectivity index (χ2v) is 10.4. The van der Waals surface area contributed by atoms with E-state index in [0.717, 1.165) is 5.56 Å². The highest BCUT2D eigenvalue weighted by molar-refractivity contribution is 7.89. The number of furan rings is 1. The number of halogens is 1. The van der Waals surface area contributed by atoms with Crippen LogP contribution in [0.3, 0.4) is 0 Å². The Kier molecular flexibility index (Phi) is 8.55. The SMILES string of the molecule is CCOC(=O)c1ccc(N=Cc2ccc(CN(Cc3ccccc3)S(=O)(=O)c3ccc(Cl)cc3)o2)cc1. The lowest BCUT2D eigenvalue weighted by Crippen LogP contribution is -2.30. The number of nitrogens with zero attached hydrogens (tertiary/aromatic N) is 2. The van der Waals surface area contributed by atoms with Crippen molar-refractivity contribution in [3.05, 3.63) is 119 Å². The van der Waals surface area contributed by atoms with Gasteiger partial charge in [0.05, 0.1) is 35.5 Å². The summed E-state index contributed by atoms with van der Waals surface area (Å²) in [7, 11) is -3.83. The van der Waals surface area contributed by atoms with Gasteiger partial charge in [-0.3, -0.25) is 4.99 Å². The summed E-state index contributed by atoms with van der Waals surface area (Å²) in [6.45, 7) is 2.26. The molecular formula is C28H25ClN2O5S. The van der Waals surface area contributed by atoms with Gasteiger partial charge in [0.25, 0.3) is 0 Å². The lowest BCUT2D eigenvalue weighted by molar-refractivity contribution is 0.0526. The molecule has 0 aliphatic rings. The van der Waals surface area contributed by atoms with Crippen LogP contribution < -0.4 is 0 Å².